The van der Waals surface area contributed by atoms with E-state index in [2.05, 4.69) is 24.2 Å². The highest BCUT2D eigenvalue weighted by Gasteiger charge is 2.07. The van der Waals surface area contributed by atoms with Crippen LogP contribution < -0.4 is 10.1 Å². The van der Waals surface area contributed by atoms with E-state index in [0.717, 1.165) is 21.9 Å². The average Bonchev–Trinajstić information content (AvgIpc) is 2.51. The summed E-state index contributed by atoms with van der Waals surface area (Å²) in [4.78, 5) is 0. The molecule has 2 aromatic carbocycles. The Morgan fingerprint density at radius 3 is 2.81 bits per heavy atom. The van der Waals surface area contributed by atoms with Crippen LogP contribution in [0.15, 0.2) is 48.5 Å². The quantitative estimate of drug-likeness (QED) is 0.807. The zero-order valence-corrected chi connectivity index (χ0v) is 12.7. The van der Waals surface area contributed by atoms with Crippen molar-refractivity contribution in [2.24, 2.45) is 0 Å². The molecule has 0 amide bonds. The normalized spacial score (nSPS) is 11.7. The number of nitrogens with one attached hydrogen (secondary N) is 1. The van der Waals surface area contributed by atoms with Crippen LogP contribution in [-0.4, -0.2) is 6.61 Å². The first-order chi connectivity index (χ1) is 10.2. The molecule has 2 nitrogen and oxygen atoms in total. The van der Waals surface area contributed by atoms with Crippen molar-refractivity contribution in [3.8, 4) is 18.1 Å². The van der Waals surface area contributed by atoms with Crippen molar-refractivity contribution in [2.75, 3.05) is 6.61 Å². The molecule has 1 unspecified atom stereocenters. The number of ether oxygens (including phenoxy) is 1. The summed E-state index contributed by atoms with van der Waals surface area (Å²) in [6.45, 7) is 3.09. The number of hydrogen-bond acceptors (Lipinski definition) is 2. The Kier molecular flexibility index (Phi) is 5.68. The molecule has 2 rings (SSSR count). The molecular weight excluding hydrogens is 282 g/mol. The summed E-state index contributed by atoms with van der Waals surface area (Å²) in [5.41, 5.74) is 2.24. The van der Waals surface area contributed by atoms with Crippen LogP contribution in [0.3, 0.4) is 0 Å². The van der Waals surface area contributed by atoms with Crippen LogP contribution in [0, 0.1) is 12.3 Å². The average molecular weight is 300 g/mol. The molecular formula is C18H18ClNO. The molecule has 21 heavy (non-hydrogen) atoms. The predicted octanol–water partition coefficient (Wildman–Crippen LogP) is 4.20. The molecule has 0 saturated heterocycles. The third-order valence-electron chi connectivity index (χ3n) is 3.23. The fraction of sp³-hybridized carbons (Fsp3) is 0.222. The van der Waals surface area contributed by atoms with Gasteiger partial charge in [0, 0.05) is 23.2 Å². The standard InChI is InChI=1S/C18H18ClNO/c1-3-11-21-18-10-5-4-7-16(18)13-20-14(2)15-8-6-9-17(19)12-15/h1,4-10,12,14,20H,11,13H2,2H3. The smallest absolute Gasteiger partial charge is 0.148 e. The summed E-state index contributed by atoms with van der Waals surface area (Å²) in [6.07, 6.45) is 5.24. The second kappa shape index (κ2) is 7.73. The Labute approximate surface area is 131 Å². The van der Waals surface area contributed by atoms with Crippen LogP contribution in [0.5, 0.6) is 5.75 Å². The van der Waals surface area contributed by atoms with E-state index in [9.17, 15) is 0 Å². The fourth-order valence-corrected chi connectivity index (χ4v) is 2.27. The summed E-state index contributed by atoms with van der Waals surface area (Å²) >= 11 is 6.02. The van der Waals surface area contributed by atoms with Crippen molar-refractivity contribution in [2.45, 2.75) is 19.5 Å². The number of rotatable bonds is 6. The second-order valence-electron chi connectivity index (χ2n) is 4.76. The Morgan fingerprint density at radius 1 is 1.24 bits per heavy atom. The zero-order chi connectivity index (χ0) is 15.1. The Hall–Kier alpha value is -1.95. The Balaban J connectivity index is 2.01. The number of para-hydroxylation sites is 1. The summed E-state index contributed by atoms with van der Waals surface area (Å²) < 4.78 is 5.55. The molecule has 0 heterocycles. The minimum atomic E-state index is 0.199. The second-order valence-corrected chi connectivity index (χ2v) is 5.19. The van der Waals surface area contributed by atoms with Crippen LogP contribution in [-0.2, 0) is 6.54 Å². The summed E-state index contributed by atoms with van der Waals surface area (Å²) in [6, 6.07) is 16.0. The van der Waals surface area contributed by atoms with E-state index < -0.39 is 0 Å². The van der Waals surface area contributed by atoms with Gasteiger partial charge in [-0.05, 0) is 30.7 Å². The molecule has 0 radical (unpaired) electrons. The SMILES string of the molecule is C#CCOc1ccccc1CNC(C)c1cccc(Cl)c1. The Bertz CT molecular complexity index is 633. The lowest BCUT2D eigenvalue weighted by atomic mass is 10.1. The molecule has 0 spiro atoms. The van der Waals surface area contributed by atoms with Gasteiger partial charge in [-0.2, -0.15) is 0 Å². The van der Waals surface area contributed by atoms with Crippen LogP contribution in [0.1, 0.15) is 24.1 Å². The number of terminal acetylenes is 1. The number of hydrogen-bond donors (Lipinski definition) is 1. The van der Waals surface area contributed by atoms with Gasteiger partial charge in [-0.25, -0.2) is 0 Å². The first-order valence-corrected chi connectivity index (χ1v) is 7.21. The van der Waals surface area contributed by atoms with Gasteiger partial charge in [-0.1, -0.05) is 47.9 Å². The topological polar surface area (TPSA) is 21.3 Å². The minimum absolute atomic E-state index is 0.199. The van der Waals surface area contributed by atoms with Gasteiger partial charge in [0.1, 0.15) is 12.4 Å². The van der Waals surface area contributed by atoms with Crippen molar-refractivity contribution in [1.82, 2.24) is 5.32 Å². The largest absolute Gasteiger partial charge is 0.481 e. The summed E-state index contributed by atoms with van der Waals surface area (Å²) in [5.74, 6) is 3.30. The third-order valence-corrected chi connectivity index (χ3v) is 3.47. The van der Waals surface area contributed by atoms with Crippen LogP contribution in [0.25, 0.3) is 0 Å². The van der Waals surface area contributed by atoms with E-state index in [-0.39, 0.29) is 12.6 Å². The Morgan fingerprint density at radius 2 is 2.05 bits per heavy atom. The molecule has 0 aliphatic heterocycles. The van der Waals surface area contributed by atoms with Gasteiger partial charge >= 0.3 is 0 Å². The van der Waals surface area contributed by atoms with E-state index in [1.165, 1.54) is 0 Å². The van der Waals surface area contributed by atoms with Gasteiger partial charge in [-0.3, -0.25) is 0 Å². The first kappa shape index (κ1) is 15.4. The highest BCUT2D eigenvalue weighted by molar-refractivity contribution is 6.30. The van der Waals surface area contributed by atoms with Gasteiger partial charge in [0.15, 0.2) is 0 Å². The first-order valence-electron chi connectivity index (χ1n) is 6.83. The van der Waals surface area contributed by atoms with Crippen molar-refractivity contribution < 1.29 is 4.74 Å². The van der Waals surface area contributed by atoms with Crippen molar-refractivity contribution in [3.05, 3.63) is 64.7 Å². The van der Waals surface area contributed by atoms with Gasteiger partial charge in [0.05, 0.1) is 0 Å². The van der Waals surface area contributed by atoms with Gasteiger partial charge in [0.2, 0.25) is 0 Å². The predicted molar refractivity (Wildman–Crippen MR) is 87.5 cm³/mol. The molecule has 3 heteroatoms. The lowest BCUT2D eigenvalue weighted by molar-refractivity contribution is 0.364. The van der Waals surface area contributed by atoms with E-state index >= 15 is 0 Å². The molecule has 0 saturated carbocycles. The van der Waals surface area contributed by atoms with Crippen molar-refractivity contribution >= 4 is 11.6 Å². The van der Waals surface area contributed by atoms with Crippen LogP contribution in [0.4, 0.5) is 0 Å². The van der Waals surface area contributed by atoms with Crippen LogP contribution >= 0.6 is 11.6 Å². The minimum Gasteiger partial charge on any atom is -0.481 e. The maximum absolute atomic E-state index is 6.02. The number of halogens is 1. The third kappa shape index (κ3) is 4.53. The maximum atomic E-state index is 6.02. The van der Waals surface area contributed by atoms with Gasteiger partial charge in [-0.15, -0.1) is 6.42 Å². The highest BCUT2D eigenvalue weighted by atomic mass is 35.5. The molecule has 1 atom stereocenters. The highest BCUT2D eigenvalue weighted by Crippen LogP contribution is 2.21. The van der Waals surface area contributed by atoms with Gasteiger partial charge < -0.3 is 10.1 Å². The molecule has 108 valence electrons. The molecule has 1 N–H and O–H groups in total. The van der Waals surface area contributed by atoms with Crippen molar-refractivity contribution in [3.63, 3.8) is 0 Å². The molecule has 0 aliphatic carbocycles. The lowest BCUT2D eigenvalue weighted by Gasteiger charge is -2.16. The molecule has 0 fully saturated rings. The summed E-state index contributed by atoms with van der Waals surface area (Å²) in [7, 11) is 0. The monoisotopic (exact) mass is 299 g/mol. The van der Waals surface area contributed by atoms with Crippen LogP contribution in [0.2, 0.25) is 5.02 Å². The van der Waals surface area contributed by atoms with Gasteiger partial charge in [0.25, 0.3) is 0 Å². The summed E-state index contributed by atoms with van der Waals surface area (Å²) in [5, 5.41) is 4.22. The molecule has 2 aromatic rings. The van der Waals surface area contributed by atoms with Crippen molar-refractivity contribution in [1.29, 1.82) is 0 Å². The van der Waals surface area contributed by atoms with E-state index in [1.807, 2.05) is 42.5 Å². The maximum Gasteiger partial charge on any atom is 0.148 e. The fourth-order valence-electron chi connectivity index (χ4n) is 2.07. The number of benzene rings is 2. The molecule has 0 aliphatic rings. The van der Waals surface area contributed by atoms with E-state index in [4.69, 9.17) is 22.8 Å². The van der Waals surface area contributed by atoms with E-state index in [1.54, 1.807) is 0 Å². The zero-order valence-electron chi connectivity index (χ0n) is 12.0. The lowest BCUT2D eigenvalue weighted by Crippen LogP contribution is -2.18. The molecule has 0 aromatic heterocycles. The molecule has 0 bridgehead atoms. The van der Waals surface area contributed by atoms with E-state index in [0.29, 0.717) is 6.54 Å².